The summed E-state index contributed by atoms with van der Waals surface area (Å²) in [5.41, 5.74) is 1.59. The minimum Gasteiger partial charge on any atom is -0.478 e. The van der Waals surface area contributed by atoms with Crippen LogP contribution in [-0.2, 0) is 6.42 Å². The van der Waals surface area contributed by atoms with Gasteiger partial charge in [0.25, 0.3) is 0 Å². The maximum Gasteiger partial charge on any atom is 0.335 e. The van der Waals surface area contributed by atoms with Crippen molar-refractivity contribution in [2.45, 2.75) is 33.1 Å². The molecule has 0 aliphatic rings. The van der Waals surface area contributed by atoms with Crippen molar-refractivity contribution in [2.75, 3.05) is 0 Å². The molecule has 0 aliphatic heterocycles. The normalized spacial score (nSPS) is 10.6. The second-order valence-corrected chi connectivity index (χ2v) is 3.89. The van der Waals surface area contributed by atoms with E-state index in [-0.39, 0.29) is 0 Å². The van der Waals surface area contributed by atoms with Gasteiger partial charge in [-0.3, -0.25) is 0 Å². The first-order valence-electron chi connectivity index (χ1n) is 5.49. The van der Waals surface area contributed by atoms with Gasteiger partial charge in [0.2, 0.25) is 0 Å². The summed E-state index contributed by atoms with van der Waals surface area (Å²) in [5.74, 6) is -0.148. The first-order valence-corrected chi connectivity index (χ1v) is 5.49. The van der Waals surface area contributed by atoms with E-state index in [4.69, 9.17) is 5.11 Å². The van der Waals surface area contributed by atoms with Gasteiger partial charge in [-0.2, -0.15) is 0 Å². The Labute approximate surface area is 90.9 Å². The lowest BCUT2D eigenvalue weighted by atomic mass is 9.94. The van der Waals surface area contributed by atoms with Crippen molar-refractivity contribution in [3.8, 4) is 0 Å². The molecule has 0 unspecified atom stereocenters. The average Bonchev–Trinajstić information content (AvgIpc) is 2.26. The molecule has 0 aliphatic carbocycles. The van der Waals surface area contributed by atoms with Crippen molar-refractivity contribution in [2.24, 2.45) is 5.92 Å². The van der Waals surface area contributed by atoms with E-state index in [0.717, 1.165) is 6.42 Å². The van der Waals surface area contributed by atoms with Crippen molar-refractivity contribution >= 4 is 5.97 Å². The van der Waals surface area contributed by atoms with Crippen molar-refractivity contribution in [1.29, 1.82) is 0 Å². The predicted molar refractivity (Wildman–Crippen MR) is 61.2 cm³/mol. The van der Waals surface area contributed by atoms with Gasteiger partial charge in [-0.15, -0.1) is 0 Å². The SMILES string of the molecule is CCC(CC)Cc1ccc(C(=O)O)cc1. The molecular formula is C13H18O2. The van der Waals surface area contributed by atoms with E-state index in [1.807, 2.05) is 12.1 Å². The number of benzene rings is 1. The molecule has 0 spiro atoms. The minimum absolute atomic E-state index is 0.364. The van der Waals surface area contributed by atoms with Crippen LogP contribution in [0.15, 0.2) is 24.3 Å². The quantitative estimate of drug-likeness (QED) is 0.802. The Morgan fingerprint density at radius 1 is 1.20 bits per heavy atom. The van der Waals surface area contributed by atoms with Crippen LogP contribution in [0.2, 0.25) is 0 Å². The second-order valence-electron chi connectivity index (χ2n) is 3.89. The number of hydrogen-bond donors (Lipinski definition) is 1. The molecule has 0 atom stereocenters. The molecule has 1 N–H and O–H groups in total. The van der Waals surface area contributed by atoms with Crippen molar-refractivity contribution in [3.05, 3.63) is 35.4 Å². The van der Waals surface area contributed by atoms with Crippen molar-refractivity contribution in [3.63, 3.8) is 0 Å². The molecule has 0 radical (unpaired) electrons. The number of carbonyl (C=O) groups is 1. The standard InChI is InChI=1S/C13H18O2/c1-3-10(4-2)9-11-5-7-12(8-6-11)13(14)15/h5-8,10H,3-4,9H2,1-2H3,(H,14,15). The van der Waals surface area contributed by atoms with Crippen LogP contribution in [0.25, 0.3) is 0 Å². The summed E-state index contributed by atoms with van der Waals surface area (Å²) in [6.07, 6.45) is 3.40. The van der Waals surface area contributed by atoms with Gasteiger partial charge < -0.3 is 5.11 Å². The first-order chi connectivity index (χ1) is 7.17. The third kappa shape index (κ3) is 3.39. The van der Waals surface area contributed by atoms with Crippen LogP contribution in [0, 0.1) is 5.92 Å². The topological polar surface area (TPSA) is 37.3 Å². The number of carboxylic acids is 1. The molecule has 0 saturated heterocycles. The van der Waals surface area contributed by atoms with E-state index in [1.165, 1.54) is 18.4 Å². The Balaban J connectivity index is 2.67. The molecule has 0 bridgehead atoms. The molecule has 0 fully saturated rings. The highest BCUT2D eigenvalue weighted by Crippen LogP contribution is 2.15. The first kappa shape index (κ1) is 11.8. The zero-order chi connectivity index (χ0) is 11.3. The van der Waals surface area contributed by atoms with Crippen LogP contribution < -0.4 is 0 Å². The van der Waals surface area contributed by atoms with E-state index < -0.39 is 5.97 Å². The third-order valence-electron chi connectivity index (χ3n) is 2.88. The molecule has 0 aromatic heterocycles. The molecular weight excluding hydrogens is 188 g/mol. The second kappa shape index (κ2) is 5.54. The molecule has 1 aromatic rings. The fraction of sp³-hybridized carbons (Fsp3) is 0.462. The highest BCUT2D eigenvalue weighted by molar-refractivity contribution is 5.87. The summed E-state index contributed by atoms with van der Waals surface area (Å²) < 4.78 is 0. The van der Waals surface area contributed by atoms with Gasteiger partial charge in [0.1, 0.15) is 0 Å². The zero-order valence-electron chi connectivity index (χ0n) is 9.36. The molecule has 82 valence electrons. The van der Waals surface area contributed by atoms with Gasteiger partial charge in [-0.25, -0.2) is 4.79 Å². The van der Waals surface area contributed by atoms with Crippen LogP contribution in [0.3, 0.4) is 0 Å². The highest BCUT2D eigenvalue weighted by Gasteiger charge is 2.06. The lowest BCUT2D eigenvalue weighted by Crippen LogP contribution is -2.02. The monoisotopic (exact) mass is 206 g/mol. The van der Waals surface area contributed by atoms with Crippen molar-refractivity contribution in [1.82, 2.24) is 0 Å². The van der Waals surface area contributed by atoms with E-state index in [1.54, 1.807) is 12.1 Å². The summed E-state index contributed by atoms with van der Waals surface area (Å²) in [6.45, 7) is 4.39. The van der Waals surface area contributed by atoms with Crippen molar-refractivity contribution < 1.29 is 9.90 Å². The number of rotatable bonds is 5. The summed E-state index contributed by atoms with van der Waals surface area (Å²) in [4.78, 5) is 10.6. The molecule has 0 amide bonds. The van der Waals surface area contributed by atoms with Crippen LogP contribution in [0.1, 0.15) is 42.6 Å². The van der Waals surface area contributed by atoms with E-state index >= 15 is 0 Å². The molecule has 2 nitrogen and oxygen atoms in total. The number of aromatic carboxylic acids is 1. The number of carboxylic acid groups (broad SMARTS) is 1. The Morgan fingerprint density at radius 2 is 1.73 bits per heavy atom. The number of hydrogen-bond acceptors (Lipinski definition) is 1. The molecule has 15 heavy (non-hydrogen) atoms. The van der Waals surface area contributed by atoms with Gasteiger partial charge in [0.05, 0.1) is 5.56 Å². The van der Waals surface area contributed by atoms with E-state index in [2.05, 4.69) is 13.8 Å². The van der Waals surface area contributed by atoms with Gasteiger partial charge in [0, 0.05) is 0 Å². The van der Waals surface area contributed by atoms with E-state index in [9.17, 15) is 4.79 Å². The Hall–Kier alpha value is -1.31. The molecule has 1 aromatic carbocycles. The minimum atomic E-state index is -0.857. The fourth-order valence-corrected chi connectivity index (χ4v) is 1.69. The predicted octanol–water partition coefficient (Wildman–Crippen LogP) is 3.36. The van der Waals surface area contributed by atoms with Crippen LogP contribution in [0.5, 0.6) is 0 Å². The Morgan fingerprint density at radius 3 is 2.13 bits per heavy atom. The smallest absolute Gasteiger partial charge is 0.335 e. The Bertz CT molecular complexity index is 310. The van der Waals surface area contributed by atoms with Crippen LogP contribution in [0.4, 0.5) is 0 Å². The molecule has 0 heterocycles. The zero-order valence-corrected chi connectivity index (χ0v) is 9.36. The summed E-state index contributed by atoms with van der Waals surface area (Å²) >= 11 is 0. The molecule has 1 rings (SSSR count). The lowest BCUT2D eigenvalue weighted by molar-refractivity contribution is 0.0697. The van der Waals surface area contributed by atoms with Gasteiger partial charge in [0.15, 0.2) is 0 Å². The summed E-state index contributed by atoms with van der Waals surface area (Å²) in [7, 11) is 0. The Kier molecular flexibility index (Phi) is 4.35. The summed E-state index contributed by atoms with van der Waals surface area (Å²) in [5, 5.41) is 8.75. The lowest BCUT2D eigenvalue weighted by Gasteiger charge is -2.11. The fourth-order valence-electron chi connectivity index (χ4n) is 1.69. The van der Waals surface area contributed by atoms with Crippen LogP contribution in [-0.4, -0.2) is 11.1 Å². The largest absolute Gasteiger partial charge is 0.478 e. The maximum absolute atomic E-state index is 10.6. The molecule has 0 saturated carbocycles. The average molecular weight is 206 g/mol. The maximum atomic E-state index is 10.6. The molecule has 2 heteroatoms. The summed E-state index contributed by atoms with van der Waals surface area (Å²) in [6, 6.07) is 7.20. The highest BCUT2D eigenvalue weighted by atomic mass is 16.4. The van der Waals surface area contributed by atoms with Gasteiger partial charge in [-0.1, -0.05) is 38.8 Å². The van der Waals surface area contributed by atoms with E-state index in [0.29, 0.717) is 11.5 Å². The van der Waals surface area contributed by atoms with Gasteiger partial charge in [-0.05, 0) is 30.0 Å². The third-order valence-corrected chi connectivity index (χ3v) is 2.88. The van der Waals surface area contributed by atoms with Gasteiger partial charge >= 0.3 is 5.97 Å². The van der Waals surface area contributed by atoms with Crippen LogP contribution >= 0.6 is 0 Å².